The van der Waals surface area contributed by atoms with Crippen LogP contribution in [0.1, 0.15) is 33.1 Å². The Bertz CT molecular complexity index is 359. The summed E-state index contributed by atoms with van der Waals surface area (Å²) < 4.78 is 1.22. The van der Waals surface area contributed by atoms with Crippen LogP contribution in [0.3, 0.4) is 0 Å². The van der Waals surface area contributed by atoms with Gasteiger partial charge >= 0.3 is 0 Å². The van der Waals surface area contributed by atoms with Gasteiger partial charge in [0.1, 0.15) is 0 Å². The topological polar surface area (TPSA) is 58.3 Å². The number of allylic oxidation sites excluding steroid dienone is 1. The number of aliphatic hydroxyl groups is 1. The molecule has 2 rings (SSSR count). The van der Waals surface area contributed by atoms with E-state index >= 15 is 0 Å². The van der Waals surface area contributed by atoms with E-state index in [1.807, 2.05) is 0 Å². The lowest BCUT2D eigenvalue weighted by atomic mass is 9.72. The Morgan fingerprint density at radius 2 is 2.21 bits per heavy atom. The minimum absolute atomic E-state index is 0.172. The molecule has 0 aromatic carbocycles. The average molecular weight is 396 g/mol. The predicted octanol–water partition coefficient (Wildman–Crippen LogP) is 2.52. The molecule has 0 saturated heterocycles. The molecule has 0 radical (unpaired) electrons. The van der Waals surface area contributed by atoms with Crippen molar-refractivity contribution in [1.82, 2.24) is 5.32 Å². The molecule has 3 nitrogen and oxygen atoms in total. The van der Waals surface area contributed by atoms with E-state index in [1.54, 1.807) is 0 Å². The Hall–Kier alpha value is 0.580. The van der Waals surface area contributed by atoms with Crippen molar-refractivity contribution in [3.63, 3.8) is 0 Å². The third-order valence-electron chi connectivity index (χ3n) is 4.82. The van der Waals surface area contributed by atoms with Crippen LogP contribution in [0.2, 0.25) is 0 Å². The Balaban J connectivity index is 2.03. The second-order valence-electron chi connectivity index (χ2n) is 6.23. The van der Waals surface area contributed by atoms with Gasteiger partial charge in [-0.3, -0.25) is 0 Å². The molecule has 1 saturated carbocycles. The molecule has 0 bridgehead atoms. The number of alkyl halides is 1. The van der Waals surface area contributed by atoms with Crippen LogP contribution < -0.4 is 11.1 Å². The lowest BCUT2D eigenvalue weighted by molar-refractivity contribution is 0.137. The maximum atomic E-state index is 9.89. The van der Waals surface area contributed by atoms with Crippen LogP contribution in [-0.2, 0) is 0 Å². The van der Waals surface area contributed by atoms with E-state index in [-0.39, 0.29) is 22.5 Å². The highest BCUT2D eigenvalue weighted by Crippen LogP contribution is 2.41. The molecule has 0 aliphatic heterocycles. The van der Waals surface area contributed by atoms with Gasteiger partial charge < -0.3 is 16.2 Å². The molecule has 5 heteroatoms. The molecular formula is C14H24Br2N2O. The van der Waals surface area contributed by atoms with Crippen LogP contribution in [0.15, 0.2) is 10.6 Å². The molecule has 1 fully saturated rings. The molecular weight excluding hydrogens is 372 g/mol. The van der Waals surface area contributed by atoms with Crippen LogP contribution in [-0.4, -0.2) is 34.2 Å². The lowest BCUT2D eigenvalue weighted by Gasteiger charge is -2.45. The summed E-state index contributed by atoms with van der Waals surface area (Å²) in [7, 11) is 0. The van der Waals surface area contributed by atoms with E-state index in [0.29, 0.717) is 11.8 Å². The second-order valence-corrected chi connectivity index (χ2v) is 8.13. The first-order valence-electron chi connectivity index (χ1n) is 7.05. The van der Waals surface area contributed by atoms with Crippen molar-refractivity contribution in [3.05, 3.63) is 10.6 Å². The Morgan fingerprint density at radius 3 is 2.79 bits per heavy atom. The Kier molecular flexibility index (Phi) is 5.16. The number of rotatable bonds is 3. The standard InChI is InChI=1S/C14H24Br2N2O/c1-8-9(7-18-11-4-3-5-12(11)19)14(2,17)13(16)6-10(8)15/h6,8-9,11-13,18-19H,3-5,7,17H2,1-2H3/t8?,9?,11?,12-,13?,14?/m0/s1. The molecule has 0 heterocycles. The zero-order valence-electron chi connectivity index (χ0n) is 11.6. The monoisotopic (exact) mass is 394 g/mol. The molecule has 2 aliphatic carbocycles. The molecule has 0 spiro atoms. The van der Waals surface area contributed by atoms with Crippen LogP contribution in [0.5, 0.6) is 0 Å². The number of aliphatic hydroxyl groups excluding tert-OH is 1. The molecule has 19 heavy (non-hydrogen) atoms. The number of halogens is 2. The summed E-state index contributed by atoms with van der Waals surface area (Å²) in [4.78, 5) is 0.172. The number of nitrogens with one attached hydrogen (secondary N) is 1. The molecule has 2 aliphatic rings. The van der Waals surface area contributed by atoms with Gasteiger partial charge in [-0.15, -0.1) is 0 Å². The molecule has 0 aromatic rings. The summed E-state index contributed by atoms with van der Waals surface area (Å²) in [6.45, 7) is 5.17. The SMILES string of the molecule is CC1C(Br)=CC(Br)C(C)(N)C1CNC1CCC[C@@H]1O. The van der Waals surface area contributed by atoms with Crippen LogP contribution in [0.4, 0.5) is 0 Å². The number of nitrogens with two attached hydrogens (primary N) is 1. The third kappa shape index (κ3) is 3.26. The molecule has 6 atom stereocenters. The van der Waals surface area contributed by atoms with Crippen molar-refractivity contribution in [3.8, 4) is 0 Å². The van der Waals surface area contributed by atoms with E-state index in [2.05, 4.69) is 57.1 Å². The van der Waals surface area contributed by atoms with E-state index in [9.17, 15) is 5.11 Å². The van der Waals surface area contributed by atoms with Gasteiger partial charge in [0.05, 0.1) is 10.9 Å². The van der Waals surface area contributed by atoms with Gasteiger partial charge in [-0.2, -0.15) is 0 Å². The minimum atomic E-state index is -0.284. The summed E-state index contributed by atoms with van der Waals surface area (Å²) in [6.07, 6.45) is 5.07. The Morgan fingerprint density at radius 1 is 1.53 bits per heavy atom. The normalized spacial score (nSPS) is 47.3. The minimum Gasteiger partial charge on any atom is -0.392 e. The first-order chi connectivity index (χ1) is 8.84. The van der Waals surface area contributed by atoms with Crippen molar-refractivity contribution in [2.24, 2.45) is 17.6 Å². The fourth-order valence-electron chi connectivity index (χ4n) is 3.26. The van der Waals surface area contributed by atoms with E-state index in [0.717, 1.165) is 25.8 Å². The van der Waals surface area contributed by atoms with Crippen LogP contribution in [0, 0.1) is 11.8 Å². The molecule has 5 unspecified atom stereocenters. The molecule has 0 aromatic heterocycles. The van der Waals surface area contributed by atoms with Crippen molar-refractivity contribution in [2.45, 2.75) is 55.6 Å². The molecule has 0 amide bonds. The molecule has 4 N–H and O–H groups in total. The van der Waals surface area contributed by atoms with Crippen molar-refractivity contribution < 1.29 is 5.11 Å². The third-order valence-corrected chi connectivity index (χ3v) is 7.05. The quantitative estimate of drug-likeness (QED) is 0.643. The summed E-state index contributed by atoms with van der Waals surface area (Å²) in [5, 5.41) is 13.4. The van der Waals surface area contributed by atoms with Gasteiger partial charge in [0.2, 0.25) is 0 Å². The van der Waals surface area contributed by atoms with Crippen molar-refractivity contribution in [2.75, 3.05) is 6.54 Å². The summed E-state index contributed by atoms with van der Waals surface area (Å²) in [5.41, 5.74) is 6.24. The smallest absolute Gasteiger partial charge is 0.0693 e. The lowest BCUT2D eigenvalue weighted by Crippen LogP contribution is -2.59. The second kappa shape index (κ2) is 6.14. The highest BCUT2D eigenvalue weighted by atomic mass is 79.9. The van der Waals surface area contributed by atoms with Gasteiger partial charge in [0, 0.05) is 18.1 Å². The van der Waals surface area contributed by atoms with Crippen LogP contribution in [0.25, 0.3) is 0 Å². The maximum Gasteiger partial charge on any atom is 0.0693 e. The number of hydrogen-bond donors (Lipinski definition) is 3. The van der Waals surface area contributed by atoms with Gasteiger partial charge in [-0.05, 0) is 42.5 Å². The van der Waals surface area contributed by atoms with E-state index in [1.165, 1.54) is 4.48 Å². The highest BCUT2D eigenvalue weighted by Gasteiger charge is 2.43. The average Bonchev–Trinajstić information content (AvgIpc) is 2.73. The van der Waals surface area contributed by atoms with E-state index < -0.39 is 0 Å². The van der Waals surface area contributed by atoms with Crippen molar-refractivity contribution >= 4 is 31.9 Å². The predicted molar refractivity (Wildman–Crippen MR) is 86.6 cm³/mol. The zero-order valence-corrected chi connectivity index (χ0v) is 14.7. The van der Waals surface area contributed by atoms with Crippen molar-refractivity contribution in [1.29, 1.82) is 0 Å². The number of hydrogen-bond acceptors (Lipinski definition) is 3. The Labute approximate surface area is 132 Å². The first kappa shape index (κ1) is 16.0. The fraction of sp³-hybridized carbons (Fsp3) is 0.857. The van der Waals surface area contributed by atoms with E-state index in [4.69, 9.17) is 5.73 Å². The largest absolute Gasteiger partial charge is 0.392 e. The highest BCUT2D eigenvalue weighted by molar-refractivity contribution is 9.12. The maximum absolute atomic E-state index is 9.89. The van der Waals surface area contributed by atoms with Gasteiger partial charge in [0.15, 0.2) is 0 Å². The van der Waals surface area contributed by atoms with Gasteiger partial charge in [-0.1, -0.05) is 44.9 Å². The summed E-state index contributed by atoms with van der Waals surface area (Å²) in [5.74, 6) is 0.735. The first-order valence-corrected chi connectivity index (χ1v) is 8.76. The fourth-order valence-corrected chi connectivity index (χ4v) is 4.82. The summed E-state index contributed by atoms with van der Waals surface area (Å²) in [6, 6.07) is 0.237. The van der Waals surface area contributed by atoms with Gasteiger partial charge in [0.25, 0.3) is 0 Å². The zero-order chi connectivity index (χ0) is 14.2. The summed E-state index contributed by atoms with van der Waals surface area (Å²) >= 11 is 7.32. The molecule has 110 valence electrons. The van der Waals surface area contributed by atoms with Gasteiger partial charge in [-0.25, -0.2) is 0 Å². The van der Waals surface area contributed by atoms with Crippen LogP contribution >= 0.6 is 31.9 Å².